The van der Waals surface area contributed by atoms with Gasteiger partial charge in [0.25, 0.3) is 11.8 Å². The van der Waals surface area contributed by atoms with Gasteiger partial charge in [0.05, 0.1) is 16.8 Å². The smallest absolute Gasteiger partial charge is 0.256 e. The average Bonchev–Trinajstić information content (AvgIpc) is 3.43. The van der Waals surface area contributed by atoms with E-state index in [2.05, 4.69) is 20.5 Å². The van der Waals surface area contributed by atoms with Gasteiger partial charge in [-0.1, -0.05) is 24.3 Å². The molecule has 0 aliphatic carbocycles. The Hall–Kier alpha value is -4.24. The molecular weight excluding hydrogens is 485 g/mol. The molecule has 3 N–H and O–H groups in total. The molecule has 0 bridgehead atoms. The highest BCUT2D eigenvalue weighted by molar-refractivity contribution is 6.36. The first-order chi connectivity index (χ1) is 18.3. The van der Waals surface area contributed by atoms with Crippen LogP contribution >= 0.6 is 0 Å². The first-order valence-corrected chi connectivity index (χ1v) is 12.7. The molecule has 1 saturated heterocycles. The maximum absolute atomic E-state index is 14.0. The van der Waals surface area contributed by atoms with E-state index in [1.54, 1.807) is 37.3 Å². The molecule has 3 heterocycles. The van der Waals surface area contributed by atoms with Crippen LogP contribution < -0.4 is 10.6 Å². The van der Waals surface area contributed by atoms with Crippen molar-refractivity contribution in [3.05, 3.63) is 76.9 Å². The van der Waals surface area contributed by atoms with Crippen molar-refractivity contribution in [1.29, 1.82) is 0 Å². The van der Waals surface area contributed by atoms with E-state index < -0.39 is 0 Å². The predicted octanol–water partition coefficient (Wildman–Crippen LogP) is 3.52. The molecular formula is C29H30FN5O3. The zero-order chi connectivity index (χ0) is 26.8. The summed E-state index contributed by atoms with van der Waals surface area (Å²) in [5.41, 5.74) is 4.87. The standard InChI is InChI=1S/C29H30FN5O3/c1-18-15-23(28(37)31-9-10-34-11-13-35(14-12-34)19(2)36)26(32-18)17-24-27-22(20-5-3-6-21(30)16-20)7-4-8-25(27)33-29(24)38/h3-8,15-17,32H,9-14H2,1-2H3,(H,31,37)(H,33,38)/b24-17-. The van der Waals surface area contributed by atoms with Gasteiger partial charge in [-0.05, 0) is 48.4 Å². The van der Waals surface area contributed by atoms with Gasteiger partial charge >= 0.3 is 0 Å². The molecule has 3 amide bonds. The van der Waals surface area contributed by atoms with Gasteiger partial charge in [-0.15, -0.1) is 0 Å². The number of aryl methyl sites for hydroxylation is 1. The Morgan fingerprint density at radius 1 is 1.08 bits per heavy atom. The fraction of sp³-hybridized carbons (Fsp3) is 0.276. The Morgan fingerprint density at radius 3 is 2.58 bits per heavy atom. The van der Waals surface area contributed by atoms with Crippen molar-refractivity contribution < 1.29 is 18.8 Å². The zero-order valence-corrected chi connectivity index (χ0v) is 21.4. The molecule has 2 aliphatic rings. The number of nitrogens with zero attached hydrogens (tertiary/aromatic N) is 2. The molecule has 2 aliphatic heterocycles. The second-order valence-corrected chi connectivity index (χ2v) is 9.63. The molecule has 0 atom stereocenters. The molecule has 1 fully saturated rings. The normalized spacial score (nSPS) is 16.4. The Labute approximate surface area is 220 Å². The van der Waals surface area contributed by atoms with Crippen LogP contribution in [-0.2, 0) is 9.59 Å². The monoisotopic (exact) mass is 515 g/mol. The summed E-state index contributed by atoms with van der Waals surface area (Å²) in [5, 5.41) is 5.86. The summed E-state index contributed by atoms with van der Waals surface area (Å²) < 4.78 is 14.0. The third-order valence-corrected chi connectivity index (χ3v) is 7.01. The Bertz CT molecular complexity index is 1440. The van der Waals surface area contributed by atoms with Gasteiger partial charge in [0.15, 0.2) is 0 Å². The van der Waals surface area contributed by atoms with E-state index in [1.165, 1.54) is 12.1 Å². The van der Waals surface area contributed by atoms with Crippen molar-refractivity contribution in [3.8, 4) is 11.1 Å². The highest BCUT2D eigenvalue weighted by Crippen LogP contribution is 2.40. The van der Waals surface area contributed by atoms with Crippen LogP contribution in [0.15, 0.2) is 48.5 Å². The lowest BCUT2D eigenvalue weighted by atomic mass is 9.94. The molecule has 5 rings (SSSR count). The minimum absolute atomic E-state index is 0.0871. The maximum atomic E-state index is 14.0. The molecule has 1 aromatic heterocycles. The van der Waals surface area contributed by atoms with Gasteiger partial charge in [-0.25, -0.2) is 4.39 Å². The Morgan fingerprint density at radius 2 is 1.84 bits per heavy atom. The minimum atomic E-state index is -0.359. The number of piperazine rings is 1. The molecule has 8 nitrogen and oxygen atoms in total. The van der Waals surface area contributed by atoms with E-state index in [0.717, 1.165) is 24.3 Å². The van der Waals surface area contributed by atoms with Crippen LogP contribution in [0.5, 0.6) is 0 Å². The third-order valence-electron chi connectivity index (χ3n) is 7.01. The molecule has 0 unspecified atom stereocenters. The highest BCUT2D eigenvalue weighted by Gasteiger charge is 2.28. The van der Waals surface area contributed by atoms with Crippen molar-refractivity contribution in [3.63, 3.8) is 0 Å². The number of nitrogens with one attached hydrogen (secondary N) is 3. The second-order valence-electron chi connectivity index (χ2n) is 9.63. The summed E-state index contributed by atoms with van der Waals surface area (Å²) in [5.74, 6) is -0.792. The number of halogens is 1. The van der Waals surface area contributed by atoms with Crippen molar-refractivity contribution in [2.45, 2.75) is 13.8 Å². The quantitative estimate of drug-likeness (QED) is 0.438. The number of fused-ring (bicyclic) bond motifs is 1. The summed E-state index contributed by atoms with van der Waals surface area (Å²) in [6.45, 7) is 7.52. The first-order valence-electron chi connectivity index (χ1n) is 12.7. The van der Waals surface area contributed by atoms with Crippen LogP contribution in [0.25, 0.3) is 22.8 Å². The number of H-pyrrole nitrogens is 1. The number of aromatic amines is 1. The van der Waals surface area contributed by atoms with Crippen LogP contribution in [0.1, 0.15) is 34.2 Å². The molecule has 0 saturated carbocycles. The number of hydrogen-bond donors (Lipinski definition) is 3. The van der Waals surface area contributed by atoms with E-state index in [4.69, 9.17) is 0 Å². The van der Waals surface area contributed by atoms with Crippen LogP contribution in [0.2, 0.25) is 0 Å². The lowest BCUT2D eigenvalue weighted by Gasteiger charge is -2.34. The summed E-state index contributed by atoms with van der Waals surface area (Å²) in [4.78, 5) is 44.9. The van der Waals surface area contributed by atoms with E-state index >= 15 is 0 Å². The number of benzene rings is 2. The van der Waals surface area contributed by atoms with Gasteiger partial charge in [-0.3, -0.25) is 19.3 Å². The molecule has 9 heteroatoms. The fourth-order valence-electron chi connectivity index (χ4n) is 5.05. The molecule has 2 aromatic carbocycles. The molecule has 38 heavy (non-hydrogen) atoms. The fourth-order valence-corrected chi connectivity index (χ4v) is 5.05. The Balaban J connectivity index is 1.35. The number of amides is 3. The number of anilines is 1. The number of carbonyl (C=O) groups is 3. The van der Waals surface area contributed by atoms with Crippen molar-refractivity contribution in [2.75, 3.05) is 44.6 Å². The van der Waals surface area contributed by atoms with Crippen molar-refractivity contribution in [1.82, 2.24) is 20.1 Å². The molecule has 3 aromatic rings. The first kappa shape index (κ1) is 25.4. The van der Waals surface area contributed by atoms with Crippen molar-refractivity contribution in [2.24, 2.45) is 0 Å². The lowest BCUT2D eigenvalue weighted by Crippen LogP contribution is -2.49. The van der Waals surface area contributed by atoms with Gasteiger partial charge in [-0.2, -0.15) is 0 Å². The lowest BCUT2D eigenvalue weighted by molar-refractivity contribution is -0.130. The topological polar surface area (TPSA) is 97.5 Å². The highest BCUT2D eigenvalue weighted by atomic mass is 19.1. The van der Waals surface area contributed by atoms with E-state index in [0.29, 0.717) is 59.8 Å². The maximum Gasteiger partial charge on any atom is 0.256 e. The molecule has 0 radical (unpaired) electrons. The van der Waals surface area contributed by atoms with E-state index in [-0.39, 0.29) is 23.5 Å². The molecule has 0 spiro atoms. The minimum Gasteiger partial charge on any atom is -0.358 e. The molecule has 196 valence electrons. The van der Waals surface area contributed by atoms with Gasteiger partial charge < -0.3 is 20.5 Å². The van der Waals surface area contributed by atoms with Crippen LogP contribution in [0.4, 0.5) is 10.1 Å². The number of hydrogen-bond acceptors (Lipinski definition) is 4. The summed E-state index contributed by atoms with van der Waals surface area (Å²) in [6, 6.07) is 13.5. The van der Waals surface area contributed by atoms with Crippen LogP contribution in [0.3, 0.4) is 0 Å². The van der Waals surface area contributed by atoms with Crippen LogP contribution in [-0.4, -0.2) is 71.8 Å². The average molecular weight is 516 g/mol. The van der Waals surface area contributed by atoms with Gasteiger partial charge in [0, 0.05) is 63.1 Å². The second kappa shape index (κ2) is 10.6. The van der Waals surface area contributed by atoms with E-state index in [9.17, 15) is 18.8 Å². The largest absolute Gasteiger partial charge is 0.358 e. The predicted molar refractivity (Wildman–Crippen MR) is 145 cm³/mol. The number of rotatable bonds is 6. The Kier molecular flexibility index (Phi) is 7.11. The number of carbonyl (C=O) groups excluding carboxylic acids is 3. The third kappa shape index (κ3) is 5.24. The summed E-state index contributed by atoms with van der Waals surface area (Å²) in [7, 11) is 0. The summed E-state index contributed by atoms with van der Waals surface area (Å²) >= 11 is 0. The van der Waals surface area contributed by atoms with Gasteiger partial charge in [0.2, 0.25) is 5.91 Å². The van der Waals surface area contributed by atoms with Crippen molar-refractivity contribution >= 4 is 35.1 Å². The SMILES string of the molecule is CC(=O)N1CCN(CCNC(=O)c2cc(C)[nH]c2/C=C2\C(=O)Nc3cccc(-c4cccc(F)c4)c32)CC1. The van der Waals surface area contributed by atoms with Crippen LogP contribution in [0, 0.1) is 12.7 Å². The van der Waals surface area contributed by atoms with E-state index in [1.807, 2.05) is 24.0 Å². The summed E-state index contributed by atoms with van der Waals surface area (Å²) in [6.07, 6.45) is 1.69. The van der Waals surface area contributed by atoms with Gasteiger partial charge in [0.1, 0.15) is 5.82 Å². The number of aromatic nitrogens is 1. The zero-order valence-electron chi connectivity index (χ0n) is 21.4.